The Balaban J connectivity index is 3.73. The van der Waals surface area contributed by atoms with Crippen molar-refractivity contribution in [2.24, 2.45) is 0 Å². The van der Waals surface area contributed by atoms with E-state index in [1.807, 2.05) is 13.8 Å². The topological polar surface area (TPSA) is 56.0 Å². The van der Waals surface area contributed by atoms with E-state index < -0.39 is 5.60 Å². The van der Waals surface area contributed by atoms with Crippen LogP contribution in [0.2, 0.25) is 0 Å². The van der Waals surface area contributed by atoms with Crippen molar-refractivity contribution in [3.05, 3.63) is 0 Å². The van der Waals surface area contributed by atoms with Gasteiger partial charge >= 0.3 is 0 Å². The summed E-state index contributed by atoms with van der Waals surface area (Å²) in [7, 11) is 0. The molecule has 0 fully saturated rings. The average molecular weight is 198 g/mol. The van der Waals surface area contributed by atoms with Gasteiger partial charge in [-0.3, -0.25) is 0 Å². The molecule has 0 heterocycles. The van der Waals surface area contributed by atoms with E-state index in [2.05, 4.69) is 11.4 Å². The van der Waals surface area contributed by atoms with Gasteiger partial charge in [0.2, 0.25) is 0 Å². The number of unbranched alkanes of at least 4 members (excludes halogenated alkanes) is 2. The Labute approximate surface area is 87.1 Å². The third-order valence-corrected chi connectivity index (χ3v) is 2.81. The van der Waals surface area contributed by atoms with Crippen LogP contribution in [0.15, 0.2) is 0 Å². The minimum absolute atomic E-state index is 0.292. The first-order valence-corrected chi connectivity index (χ1v) is 5.15. The standard InChI is InChI=1S/C11H22N2O/c1-10(2,11(3,4)14)13-9-7-5-6-8-12/h13-14H,5-7,9H2,1-4H3. The maximum Gasteiger partial charge on any atom is 0.0767 e. The maximum atomic E-state index is 9.83. The first-order chi connectivity index (χ1) is 6.31. The fourth-order valence-corrected chi connectivity index (χ4v) is 0.946. The van der Waals surface area contributed by atoms with Crippen LogP contribution in [0.5, 0.6) is 0 Å². The van der Waals surface area contributed by atoms with Crippen LogP contribution in [0, 0.1) is 11.3 Å². The van der Waals surface area contributed by atoms with Crippen LogP contribution in [0.4, 0.5) is 0 Å². The van der Waals surface area contributed by atoms with Gasteiger partial charge in [0, 0.05) is 12.0 Å². The highest BCUT2D eigenvalue weighted by atomic mass is 16.3. The Morgan fingerprint density at radius 3 is 2.21 bits per heavy atom. The van der Waals surface area contributed by atoms with Gasteiger partial charge < -0.3 is 10.4 Å². The second kappa shape index (κ2) is 5.33. The fraction of sp³-hybridized carbons (Fsp3) is 0.909. The summed E-state index contributed by atoms with van der Waals surface area (Å²) in [6.07, 6.45) is 2.52. The summed E-state index contributed by atoms with van der Waals surface area (Å²) in [6, 6.07) is 2.12. The van der Waals surface area contributed by atoms with Gasteiger partial charge in [0.05, 0.1) is 11.7 Å². The Hall–Kier alpha value is -0.590. The molecule has 3 heteroatoms. The molecule has 0 unspecified atom stereocenters. The van der Waals surface area contributed by atoms with Crippen LogP contribution in [-0.4, -0.2) is 22.8 Å². The first-order valence-electron chi connectivity index (χ1n) is 5.15. The highest BCUT2D eigenvalue weighted by molar-refractivity contribution is 4.93. The first kappa shape index (κ1) is 13.4. The van der Waals surface area contributed by atoms with Crippen molar-refractivity contribution >= 4 is 0 Å². The summed E-state index contributed by atoms with van der Waals surface area (Å²) >= 11 is 0. The zero-order valence-corrected chi connectivity index (χ0v) is 9.72. The molecule has 0 radical (unpaired) electrons. The molecule has 0 aliphatic carbocycles. The Kier molecular flexibility index (Phi) is 5.11. The van der Waals surface area contributed by atoms with Crippen molar-refractivity contribution in [1.29, 1.82) is 5.26 Å². The second-order valence-electron chi connectivity index (χ2n) is 4.73. The van der Waals surface area contributed by atoms with Crippen molar-refractivity contribution in [1.82, 2.24) is 5.32 Å². The molecule has 0 amide bonds. The van der Waals surface area contributed by atoms with Crippen LogP contribution in [0.1, 0.15) is 47.0 Å². The number of nitrogens with zero attached hydrogens (tertiary/aromatic N) is 1. The summed E-state index contributed by atoms with van der Waals surface area (Å²) in [4.78, 5) is 0. The van der Waals surface area contributed by atoms with Crippen LogP contribution in [0.25, 0.3) is 0 Å². The molecular weight excluding hydrogens is 176 g/mol. The predicted molar refractivity (Wildman–Crippen MR) is 57.8 cm³/mol. The zero-order chi connectivity index (χ0) is 11.2. The number of nitrogens with one attached hydrogen (secondary N) is 1. The molecule has 0 atom stereocenters. The van der Waals surface area contributed by atoms with Gasteiger partial charge in [0.25, 0.3) is 0 Å². The SMILES string of the molecule is CC(C)(O)C(C)(C)NCCCCC#N. The number of hydrogen-bond donors (Lipinski definition) is 2. The smallest absolute Gasteiger partial charge is 0.0767 e. The third kappa shape index (κ3) is 4.59. The lowest BCUT2D eigenvalue weighted by atomic mass is 9.86. The van der Waals surface area contributed by atoms with Gasteiger partial charge in [-0.25, -0.2) is 0 Å². The summed E-state index contributed by atoms with van der Waals surface area (Å²) in [6.45, 7) is 8.41. The van der Waals surface area contributed by atoms with Gasteiger partial charge in [-0.15, -0.1) is 0 Å². The number of rotatable bonds is 6. The molecular formula is C11H22N2O. The molecule has 3 nitrogen and oxygen atoms in total. The zero-order valence-electron chi connectivity index (χ0n) is 9.72. The molecule has 0 rings (SSSR count). The van der Waals surface area contributed by atoms with E-state index in [1.165, 1.54) is 0 Å². The molecule has 0 aromatic carbocycles. The molecule has 0 saturated heterocycles. The fourth-order valence-electron chi connectivity index (χ4n) is 0.946. The minimum Gasteiger partial charge on any atom is -0.389 e. The van der Waals surface area contributed by atoms with Crippen molar-refractivity contribution in [2.45, 2.75) is 58.1 Å². The predicted octanol–water partition coefficient (Wildman–Crippen LogP) is 1.82. The van der Waals surface area contributed by atoms with Crippen molar-refractivity contribution in [3.8, 4) is 6.07 Å². The molecule has 0 spiro atoms. The van der Waals surface area contributed by atoms with Crippen LogP contribution >= 0.6 is 0 Å². The normalized spacial score (nSPS) is 12.6. The summed E-state index contributed by atoms with van der Waals surface area (Å²) in [5.74, 6) is 0. The van der Waals surface area contributed by atoms with Crippen molar-refractivity contribution in [2.75, 3.05) is 6.54 Å². The van der Waals surface area contributed by atoms with Gasteiger partial charge in [-0.2, -0.15) is 5.26 Å². The van der Waals surface area contributed by atoms with E-state index in [9.17, 15) is 5.11 Å². The largest absolute Gasteiger partial charge is 0.389 e. The van der Waals surface area contributed by atoms with E-state index in [-0.39, 0.29) is 5.54 Å². The Morgan fingerprint density at radius 1 is 1.21 bits per heavy atom. The van der Waals surface area contributed by atoms with E-state index >= 15 is 0 Å². The lowest BCUT2D eigenvalue weighted by molar-refractivity contribution is -0.00439. The quantitative estimate of drug-likeness (QED) is 0.640. The molecule has 2 N–H and O–H groups in total. The van der Waals surface area contributed by atoms with E-state index in [4.69, 9.17) is 5.26 Å². The lowest BCUT2D eigenvalue weighted by Crippen LogP contribution is -2.56. The van der Waals surface area contributed by atoms with Crippen molar-refractivity contribution in [3.63, 3.8) is 0 Å². The third-order valence-electron chi connectivity index (χ3n) is 2.81. The molecule has 0 aromatic rings. The van der Waals surface area contributed by atoms with Crippen LogP contribution < -0.4 is 5.32 Å². The summed E-state index contributed by atoms with van der Waals surface area (Å²) < 4.78 is 0. The molecule has 0 aliphatic heterocycles. The molecule has 0 bridgehead atoms. The molecule has 0 aromatic heterocycles. The number of aliphatic hydroxyl groups is 1. The van der Waals surface area contributed by atoms with Gasteiger partial charge in [-0.1, -0.05) is 0 Å². The summed E-state index contributed by atoms with van der Waals surface area (Å²) in [5, 5.41) is 21.5. The van der Waals surface area contributed by atoms with E-state index in [1.54, 1.807) is 13.8 Å². The highest BCUT2D eigenvalue weighted by Crippen LogP contribution is 2.20. The molecule has 82 valence electrons. The maximum absolute atomic E-state index is 9.83. The average Bonchev–Trinajstić information content (AvgIpc) is 2.02. The van der Waals surface area contributed by atoms with Gasteiger partial charge in [0.15, 0.2) is 0 Å². The number of hydrogen-bond acceptors (Lipinski definition) is 3. The highest BCUT2D eigenvalue weighted by Gasteiger charge is 2.33. The summed E-state index contributed by atoms with van der Waals surface area (Å²) in [5.41, 5.74) is -1.03. The van der Waals surface area contributed by atoms with E-state index in [0.717, 1.165) is 19.4 Å². The van der Waals surface area contributed by atoms with Gasteiger partial charge in [0.1, 0.15) is 0 Å². The second-order valence-corrected chi connectivity index (χ2v) is 4.73. The Morgan fingerprint density at radius 2 is 1.79 bits per heavy atom. The molecule has 0 aliphatic rings. The van der Waals surface area contributed by atoms with E-state index in [0.29, 0.717) is 6.42 Å². The van der Waals surface area contributed by atoms with Crippen molar-refractivity contribution < 1.29 is 5.11 Å². The van der Waals surface area contributed by atoms with Crippen LogP contribution in [-0.2, 0) is 0 Å². The molecule has 14 heavy (non-hydrogen) atoms. The monoisotopic (exact) mass is 198 g/mol. The number of nitriles is 1. The lowest BCUT2D eigenvalue weighted by Gasteiger charge is -2.38. The molecule has 0 saturated carbocycles. The van der Waals surface area contributed by atoms with Gasteiger partial charge in [-0.05, 0) is 47.1 Å². The Bertz CT molecular complexity index is 198. The van der Waals surface area contributed by atoms with Crippen LogP contribution in [0.3, 0.4) is 0 Å². The minimum atomic E-state index is -0.734.